The summed E-state index contributed by atoms with van der Waals surface area (Å²) in [6.45, 7) is 4.58. The Morgan fingerprint density at radius 1 is 1.09 bits per heavy atom. The first-order valence-corrected chi connectivity index (χ1v) is 7.84. The lowest BCUT2D eigenvalue weighted by molar-refractivity contribution is 0.0953. The third-order valence-corrected chi connectivity index (χ3v) is 3.33. The van der Waals surface area contributed by atoms with Gasteiger partial charge in [-0.05, 0) is 68.7 Å². The van der Waals surface area contributed by atoms with Crippen molar-refractivity contribution in [2.45, 2.75) is 32.8 Å². The van der Waals surface area contributed by atoms with E-state index in [4.69, 9.17) is 4.74 Å². The van der Waals surface area contributed by atoms with Crippen LogP contribution in [0.4, 0.5) is 4.39 Å². The molecule has 0 spiro atoms. The lowest BCUT2D eigenvalue weighted by atomic mass is 10.1. The highest BCUT2D eigenvalue weighted by Gasteiger charge is 2.04. The van der Waals surface area contributed by atoms with Crippen LogP contribution in [0.5, 0.6) is 5.75 Å². The fourth-order valence-corrected chi connectivity index (χ4v) is 2.20. The molecule has 0 aromatic heterocycles. The number of amides is 1. The van der Waals surface area contributed by atoms with E-state index in [1.165, 1.54) is 29.8 Å². The summed E-state index contributed by atoms with van der Waals surface area (Å²) in [6.07, 6.45) is 1.89. The summed E-state index contributed by atoms with van der Waals surface area (Å²) in [7, 11) is 0. The molecule has 23 heavy (non-hydrogen) atoms. The van der Waals surface area contributed by atoms with Crippen LogP contribution in [0, 0.1) is 5.82 Å². The summed E-state index contributed by atoms with van der Waals surface area (Å²) >= 11 is 0. The molecule has 0 aliphatic rings. The summed E-state index contributed by atoms with van der Waals surface area (Å²) in [5.74, 6) is 0.352. The van der Waals surface area contributed by atoms with Crippen LogP contribution in [-0.4, -0.2) is 18.6 Å². The molecule has 4 heteroatoms. The number of ether oxygens (including phenoxy) is 1. The van der Waals surface area contributed by atoms with E-state index in [1.54, 1.807) is 0 Å². The van der Waals surface area contributed by atoms with Crippen LogP contribution < -0.4 is 10.1 Å². The van der Waals surface area contributed by atoms with E-state index in [1.807, 2.05) is 38.1 Å². The maximum absolute atomic E-state index is 12.8. The molecule has 0 atom stereocenters. The zero-order valence-electron chi connectivity index (χ0n) is 13.5. The fraction of sp³-hybridized carbons (Fsp3) is 0.316. The predicted molar refractivity (Wildman–Crippen MR) is 89.3 cm³/mol. The molecular weight excluding hydrogens is 293 g/mol. The van der Waals surface area contributed by atoms with Crippen LogP contribution in [0.15, 0.2) is 48.5 Å². The largest absolute Gasteiger partial charge is 0.491 e. The molecule has 0 fully saturated rings. The Morgan fingerprint density at radius 2 is 1.74 bits per heavy atom. The van der Waals surface area contributed by atoms with E-state index in [2.05, 4.69) is 5.32 Å². The normalized spacial score (nSPS) is 10.6. The number of aryl methyl sites for hydroxylation is 1. The van der Waals surface area contributed by atoms with Gasteiger partial charge in [-0.25, -0.2) is 4.39 Å². The van der Waals surface area contributed by atoms with Gasteiger partial charge in [0.1, 0.15) is 11.6 Å². The van der Waals surface area contributed by atoms with Gasteiger partial charge >= 0.3 is 0 Å². The maximum Gasteiger partial charge on any atom is 0.251 e. The minimum absolute atomic E-state index is 0.169. The van der Waals surface area contributed by atoms with Crippen LogP contribution in [0.3, 0.4) is 0 Å². The van der Waals surface area contributed by atoms with E-state index in [9.17, 15) is 9.18 Å². The lowest BCUT2D eigenvalue weighted by Crippen LogP contribution is -2.24. The molecule has 122 valence electrons. The minimum Gasteiger partial charge on any atom is -0.491 e. The molecule has 1 N–H and O–H groups in total. The van der Waals surface area contributed by atoms with E-state index in [0.717, 1.165) is 18.6 Å². The van der Waals surface area contributed by atoms with Gasteiger partial charge in [-0.2, -0.15) is 0 Å². The van der Waals surface area contributed by atoms with Crippen molar-refractivity contribution < 1.29 is 13.9 Å². The summed E-state index contributed by atoms with van der Waals surface area (Å²) in [6, 6.07) is 13.6. The van der Waals surface area contributed by atoms with Crippen molar-refractivity contribution in [3.8, 4) is 5.75 Å². The molecule has 0 unspecified atom stereocenters. The smallest absolute Gasteiger partial charge is 0.251 e. The highest BCUT2D eigenvalue weighted by Crippen LogP contribution is 2.14. The van der Waals surface area contributed by atoms with Crippen molar-refractivity contribution >= 4 is 5.91 Å². The zero-order chi connectivity index (χ0) is 16.7. The highest BCUT2D eigenvalue weighted by atomic mass is 19.1. The molecule has 0 saturated heterocycles. The van der Waals surface area contributed by atoms with Gasteiger partial charge in [-0.15, -0.1) is 0 Å². The van der Waals surface area contributed by atoms with Crippen LogP contribution in [0.25, 0.3) is 0 Å². The second-order valence-electron chi connectivity index (χ2n) is 5.68. The molecule has 0 aliphatic heterocycles. The lowest BCUT2D eigenvalue weighted by Gasteiger charge is -2.10. The first kappa shape index (κ1) is 17.0. The van der Waals surface area contributed by atoms with E-state index in [-0.39, 0.29) is 17.8 Å². The van der Waals surface area contributed by atoms with Gasteiger partial charge in [0.15, 0.2) is 0 Å². The number of hydrogen-bond acceptors (Lipinski definition) is 2. The number of halogens is 1. The second kappa shape index (κ2) is 8.32. The van der Waals surface area contributed by atoms with Crippen molar-refractivity contribution in [2.24, 2.45) is 0 Å². The van der Waals surface area contributed by atoms with Gasteiger partial charge in [-0.3, -0.25) is 4.79 Å². The Balaban J connectivity index is 1.72. The number of hydrogen-bond donors (Lipinski definition) is 1. The average Bonchev–Trinajstić information content (AvgIpc) is 2.53. The molecule has 2 aromatic carbocycles. The Morgan fingerprint density at radius 3 is 2.35 bits per heavy atom. The second-order valence-corrected chi connectivity index (χ2v) is 5.68. The number of benzene rings is 2. The van der Waals surface area contributed by atoms with Crippen LogP contribution in [0.2, 0.25) is 0 Å². The summed E-state index contributed by atoms with van der Waals surface area (Å²) < 4.78 is 18.4. The third-order valence-electron chi connectivity index (χ3n) is 3.33. The standard InChI is InChI=1S/C19H22FNO2/c1-14(2)23-18-11-5-15(6-12-18)4-3-13-21-19(22)16-7-9-17(20)10-8-16/h5-12,14H,3-4,13H2,1-2H3,(H,21,22). The van der Waals surface area contributed by atoms with Gasteiger partial charge in [0.25, 0.3) is 5.91 Å². The molecule has 0 aliphatic carbocycles. The SMILES string of the molecule is CC(C)Oc1ccc(CCCNC(=O)c2ccc(F)cc2)cc1. The molecule has 1 amide bonds. The Bertz CT molecular complexity index is 621. The molecule has 2 rings (SSSR count). The fourth-order valence-electron chi connectivity index (χ4n) is 2.20. The molecule has 2 aromatic rings. The first-order chi connectivity index (χ1) is 11.0. The highest BCUT2D eigenvalue weighted by molar-refractivity contribution is 5.94. The summed E-state index contributed by atoms with van der Waals surface area (Å²) in [5, 5.41) is 2.84. The van der Waals surface area contributed by atoms with Gasteiger partial charge in [0.05, 0.1) is 6.10 Å². The quantitative estimate of drug-likeness (QED) is 0.785. The summed E-state index contributed by atoms with van der Waals surface area (Å²) in [5.41, 5.74) is 1.68. The monoisotopic (exact) mass is 315 g/mol. The number of carbonyl (C=O) groups is 1. The third kappa shape index (κ3) is 5.74. The van der Waals surface area contributed by atoms with E-state index >= 15 is 0 Å². The van der Waals surface area contributed by atoms with Crippen molar-refractivity contribution in [3.63, 3.8) is 0 Å². The predicted octanol–water partition coefficient (Wildman–Crippen LogP) is 3.98. The first-order valence-electron chi connectivity index (χ1n) is 7.84. The number of nitrogens with one attached hydrogen (secondary N) is 1. The maximum atomic E-state index is 12.8. The van der Waals surface area contributed by atoms with Crippen LogP contribution in [-0.2, 0) is 6.42 Å². The van der Waals surface area contributed by atoms with Crippen molar-refractivity contribution in [1.29, 1.82) is 0 Å². The van der Waals surface area contributed by atoms with E-state index in [0.29, 0.717) is 12.1 Å². The summed E-state index contributed by atoms with van der Waals surface area (Å²) in [4.78, 5) is 11.9. The topological polar surface area (TPSA) is 38.3 Å². The van der Waals surface area contributed by atoms with Crippen molar-refractivity contribution in [2.75, 3.05) is 6.54 Å². The minimum atomic E-state index is -0.341. The molecule has 3 nitrogen and oxygen atoms in total. The Kier molecular flexibility index (Phi) is 6.15. The van der Waals surface area contributed by atoms with Gasteiger partial charge in [0.2, 0.25) is 0 Å². The molecule has 0 bridgehead atoms. The average molecular weight is 315 g/mol. The van der Waals surface area contributed by atoms with Crippen LogP contribution in [0.1, 0.15) is 36.2 Å². The molecular formula is C19H22FNO2. The van der Waals surface area contributed by atoms with Gasteiger partial charge in [0, 0.05) is 12.1 Å². The van der Waals surface area contributed by atoms with Crippen molar-refractivity contribution in [3.05, 3.63) is 65.5 Å². The van der Waals surface area contributed by atoms with E-state index < -0.39 is 0 Å². The Hall–Kier alpha value is -2.36. The Labute approximate surface area is 136 Å². The van der Waals surface area contributed by atoms with Gasteiger partial charge < -0.3 is 10.1 Å². The van der Waals surface area contributed by atoms with Crippen LogP contribution >= 0.6 is 0 Å². The molecule has 0 saturated carbocycles. The zero-order valence-corrected chi connectivity index (χ0v) is 13.5. The van der Waals surface area contributed by atoms with Gasteiger partial charge in [-0.1, -0.05) is 12.1 Å². The van der Waals surface area contributed by atoms with Crippen molar-refractivity contribution in [1.82, 2.24) is 5.32 Å². The molecule has 0 radical (unpaired) electrons. The number of carbonyl (C=O) groups excluding carboxylic acids is 1. The molecule has 0 heterocycles. The number of rotatable bonds is 7.